The number of fused-ring (bicyclic) bond motifs is 3. The highest BCUT2D eigenvalue weighted by molar-refractivity contribution is 6.11. The lowest BCUT2D eigenvalue weighted by Crippen LogP contribution is -2.63. The van der Waals surface area contributed by atoms with Gasteiger partial charge in [0.15, 0.2) is 11.4 Å². The molecule has 8 nitrogen and oxygen atoms in total. The summed E-state index contributed by atoms with van der Waals surface area (Å²) >= 11 is 0. The molecule has 1 amide bonds. The number of amides is 1. The number of rotatable bonds is 1. The van der Waals surface area contributed by atoms with Crippen LogP contribution in [0.3, 0.4) is 0 Å². The van der Waals surface area contributed by atoms with Crippen LogP contribution in [0, 0.1) is 18.8 Å². The Kier molecular flexibility index (Phi) is 4.25. The highest BCUT2D eigenvalue weighted by Crippen LogP contribution is 2.52. The molecule has 0 heterocycles. The first-order valence-corrected chi connectivity index (χ1v) is 9.47. The molecule has 1 unspecified atom stereocenters. The van der Waals surface area contributed by atoms with Gasteiger partial charge in [-0.2, -0.15) is 0 Å². The van der Waals surface area contributed by atoms with Crippen LogP contribution in [0.2, 0.25) is 0 Å². The summed E-state index contributed by atoms with van der Waals surface area (Å²) in [5.41, 5.74) is -1.14. The van der Waals surface area contributed by atoms with E-state index in [1.807, 2.05) is 6.92 Å². The summed E-state index contributed by atoms with van der Waals surface area (Å²) in [6.07, 6.45) is -1.49. The standard InChI is InChI=1S/C21H23NO7/c1-8-3-4-12(23)15-11(8)6-9-5-10-7-13(24)16(20(28)22-2)19(27)21(10,29)18(26)14(9)17(15)25/h3-4,9-10,19,23-25,27,29H,5-7H2,1-2H3,(H,22,28)/t9-,10+,19?,21+/m1/s1. The fraction of sp³-hybridized carbons (Fsp3) is 0.429. The minimum absolute atomic E-state index is 0.0613. The van der Waals surface area contributed by atoms with Crippen molar-refractivity contribution >= 4 is 17.4 Å². The Bertz CT molecular complexity index is 1010. The zero-order valence-electron chi connectivity index (χ0n) is 16.1. The number of allylic oxidation sites excluding steroid dienone is 1. The van der Waals surface area contributed by atoms with E-state index in [1.54, 1.807) is 6.07 Å². The molecule has 0 spiro atoms. The Morgan fingerprint density at radius 3 is 2.55 bits per heavy atom. The van der Waals surface area contributed by atoms with Gasteiger partial charge in [0.25, 0.3) is 5.91 Å². The summed E-state index contributed by atoms with van der Waals surface area (Å²) in [5.74, 6) is -3.89. The van der Waals surface area contributed by atoms with Crippen molar-refractivity contribution in [2.45, 2.75) is 37.9 Å². The maximum absolute atomic E-state index is 13.4. The fourth-order valence-corrected chi connectivity index (χ4v) is 5.06. The number of phenols is 1. The van der Waals surface area contributed by atoms with Crippen molar-refractivity contribution in [2.75, 3.05) is 7.05 Å². The van der Waals surface area contributed by atoms with Crippen molar-refractivity contribution in [2.24, 2.45) is 11.8 Å². The fourth-order valence-electron chi connectivity index (χ4n) is 5.06. The van der Waals surface area contributed by atoms with Crippen LogP contribution in [-0.4, -0.2) is 56.0 Å². The first-order valence-electron chi connectivity index (χ1n) is 9.47. The Balaban J connectivity index is 1.88. The topological polar surface area (TPSA) is 147 Å². The lowest BCUT2D eigenvalue weighted by atomic mass is 9.58. The van der Waals surface area contributed by atoms with E-state index in [4.69, 9.17) is 0 Å². The maximum Gasteiger partial charge on any atom is 0.253 e. The molecule has 0 radical (unpaired) electrons. The first-order chi connectivity index (χ1) is 13.6. The Hall–Kier alpha value is -2.84. The number of carbonyl (C=O) groups excluding carboxylic acids is 2. The molecule has 4 rings (SSSR count). The number of ketones is 1. The van der Waals surface area contributed by atoms with Gasteiger partial charge in [-0.05, 0) is 42.9 Å². The third kappa shape index (κ3) is 2.45. The van der Waals surface area contributed by atoms with E-state index in [0.717, 1.165) is 11.1 Å². The lowest BCUT2D eigenvalue weighted by molar-refractivity contribution is -0.164. The molecule has 1 aromatic carbocycles. The van der Waals surface area contributed by atoms with Gasteiger partial charge >= 0.3 is 0 Å². The second kappa shape index (κ2) is 6.33. The summed E-state index contributed by atoms with van der Waals surface area (Å²) < 4.78 is 0. The monoisotopic (exact) mass is 401 g/mol. The molecule has 1 saturated carbocycles. The molecule has 1 fully saturated rings. The summed E-state index contributed by atoms with van der Waals surface area (Å²) in [5, 5.41) is 55.7. The van der Waals surface area contributed by atoms with Crippen molar-refractivity contribution in [3.63, 3.8) is 0 Å². The van der Waals surface area contributed by atoms with Gasteiger partial charge in [-0.3, -0.25) is 9.59 Å². The minimum atomic E-state index is -2.36. The molecular formula is C21H23NO7. The minimum Gasteiger partial charge on any atom is -0.512 e. The molecular weight excluding hydrogens is 378 g/mol. The third-order valence-electron chi connectivity index (χ3n) is 6.59. The van der Waals surface area contributed by atoms with E-state index in [1.165, 1.54) is 13.1 Å². The molecule has 3 aliphatic rings. The number of benzene rings is 1. The summed E-state index contributed by atoms with van der Waals surface area (Å²) in [4.78, 5) is 25.5. The van der Waals surface area contributed by atoms with Crippen molar-refractivity contribution in [3.05, 3.63) is 45.7 Å². The molecule has 1 aromatic rings. The quantitative estimate of drug-likeness (QED) is 0.408. The number of likely N-dealkylation sites (N-methyl/N-ethyl adjacent to an activating group) is 1. The third-order valence-corrected chi connectivity index (χ3v) is 6.59. The van der Waals surface area contributed by atoms with Crippen molar-refractivity contribution in [1.29, 1.82) is 0 Å². The molecule has 0 saturated heterocycles. The number of carbonyl (C=O) groups is 2. The largest absolute Gasteiger partial charge is 0.512 e. The molecule has 6 N–H and O–H groups in total. The van der Waals surface area contributed by atoms with E-state index in [9.17, 15) is 35.1 Å². The van der Waals surface area contributed by atoms with Crippen LogP contribution >= 0.6 is 0 Å². The maximum atomic E-state index is 13.4. The second-order valence-electron chi connectivity index (χ2n) is 8.05. The van der Waals surface area contributed by atoms with Crippen LogP contribution in [0.15, 0.2) is 29.0 Å². The number of Topliss-reactive ketones (excluding diaryl/α,β-unsaturated/α-hetero) is 1. The van der Waals surface area contributed by atoms with E-state index >= 15 is 0 Å². The van der Waals surface area contributed by atoms with Crippen LogP contribution in [0.5, 0.6) is 5.75 Å². The first kappa shape index (κ1) is 19.5. The molecule has 0 aromatic heterocycles. The zero-order chi connectivity index (χ0) is 21.2. The molecule has 3 aliphatic carbocycles. The van der Waals surface area contributed by atoms with Crippen LogP contribution in [0.25, 0.3) is 5.76 Å². The number of hydrogen-bond acceptors (Lipinski definition) is 7. The van der Waals surface area contributed by atoms with Crippen molar-refractivity contribution < 1.29 is 35.1 Å². The van der Waals surface area contributed by atoms with Gasteiger partial charge in [0, 0.05) is 25.0 Å². The molecule has 4 atom stereocenters. The Labute approximate surface area is 166 Å². The van der Waals surface area contributed by atoms with Gasteiger partial charge in [-0.1, -0.05) is 6.07 Å². The number of aromatic hydroxyl groups is 1. The normalized spacial score (nSPS) is 31.2. The van der Waals surface area contributed by atoms with Crippen molar-refractivity contribution in [1.82, 2.24) is 5.32 Å². The number of hydrogen-bond donors (Lipinski definition) is 6. The molecule has 29 heavy (non-hydrogen) atoms. The average molecular weight is 401 g/mol. The van der Waals surface area contributed by atoms with E-state index < -0.39 is 46.6 Å². The molecule has 154 valence electrons. The number of aliphatic hydroxyl groups is 4. The molecule has 0 bridgehead atoms. The van der Waals surface area contributed by atoms with Crippen LogP contribution < -0.4 is 5.32 Å². The number of aliphatic hydroxyl groups excluding tert-OH is 3. The van der Waals surface area contributed by atoms with Gasteiger partial charge in [0.05, 0.1) is 11.1 Å². The predicted octanol–water partition coefficient (Wildman–Crippen LogP) is 0.785. The van der Waals surface area contributed by atoms with Gasteiger partial charge in [-0.15, -0.1) is 0 Å². The predicted molar refractivity (Wildman–Crippen MR) is 102 cm³/mol. The lowest BCUT2D eigenvalue weighted by Gasteiger charge is -2.49. The smallest absolute Gasteiger partial charge is 0.253 e. The van der Waals surface area contributed by atoms with Gasteiger partial charge in [0.1, 0.15) is 23.4 Å². The Morgan fingerprint density at radius 2 is 1.90 bits per heavy atom. The average Bonchev–Trinajstić information content (AvgIpc) is 2.67. The SMILES string of the molecule is CNC(=O)C1=C(O)C[C@@H]2C[C@@H]3Cc4c(C)ccc(O)c4C(O)=C3C(=O)[C@]2(O)C1O. The highest BCUT2D eigenvalue weighted by atomic mass is 16.4. The van der Waals surface area contributed by atoms with Crippen molar-refractivity contribution in [3.8, 4) is 5.75 Å². The number of aryl methyl sites for hydroxylation is 1. The summed E-state index contributed by atoms with van der Waals surface area (Å²) in [7, 11) is 1.31. The van der Waals surface area contributed by atoms with E-state index in [0.29, 0.717) is 6.42 Å². The number of phenolic OH excluding ortho intramolecular Hbond substituents is 1. The van der Waals surface area contributed by atoms with Crippen LogP contribution in [-0.2, 0) is 16.0 Å². The van der Waals surface area contributed by atoms with E-state index in [2.05, 4.69) is 5.32 Å². The highest BCUT2D eigenvalue weighted by Gasteiger charge is 2.61. The van der Waals surface area contributed by atoms with Crippen LogP contribution in [0.4, 0.5) is 0 Å². The van der Waals surface area contributed by atoms with Crippen LogP contribution in [0.1, 0.15) is 29.5 Å². The Morgan fingerprint density at radius 1 is 1.21 bits per heavy atom. The zero-order valence-corrected chi connectivity index (χ0v) is 16.1. The summed E-state index contributed by atoms with van der Waals surface area (Å²) in [6.45, 7) is 1.84. The summed E-state index contributed by atoms with van der Waals surface area (Å²) in [6, 6.07) is 3.15. The van der Waals surface area contributed by atoms with Gasteiger partial charge in [0.2, 0.25) is 0 Å². The molecule has 0 aliphatic heterocycles. The second-order valence-corrected chi connectivity index (χ2v) is 8.05. The molecule has 8 heteroatoms. The van der Waals surface area contributed by atoms with Gasteiger partial charge < -0.3 is 30.8 Å². The number of nitrogens with one attached hydrogen (secondary N) is 1. The van der Waals surface area contributed by atoms with Gasteiger partial charge in [-0.25, -0.2) is 0 Å². The van der Waals surface area contributed by atoms with E-state index in [-0.39, 0.29) is 35.5 Å².